The normalized spacial score (nSPS) is 32.4. The first kappa shape index (κ1) is 17.5. The molecule has 0 amide bonds. The highest BCUT2D eigenvalue weighted by Crippen LogP contribution is 2.57. The summed E-state index contributed by atoms with van der Waals surface area (Å²) in [6, 6.07) is 5.50. The highest BCUT2D eigenvalue weighted by Gasteiger charge is 2.59. The Balaban J connectivity index is 2.15. The van der Waals surface area contributed by atoms with Crippen molar-refractivity contribution in [2.24, 2.45) is 0 Å². The number of benzene rings is 1. The van der Waals surface area contributed by atoms with Gasteiger partial charge in [0, 0.05) is 11.5 Å². The van der Waals surface area contributed by atoms with E-state index in [1.807, 2.05) is 25.2 Å². The van der Waals surface area contributed by atoms with Crippen molar-refractivity contribution >= 4 is 29.3 Å². The molecule has 0 N–H and O–H groups in total. The molecular formula is C17H20B3NO3. The van der Waals surface area contributed by atoms with Crippen LogP contribution in [-0.4, -0.2) is 68.1 Å². The molecule has 2 fully saturated rings. The molecule has 3 atom stereocenters. The van der Waals surface area contributed by atoms with Gasteiger partial charge in [-0.05, 0) is 55.2 Å². The Bertz CT molecular complexity index is 666. The van der Waals surface area contributed by atoms with Gasteiger partial charge in [0.2, 0.25) is 0 Å². The van der Waals surface area contributed by atoms with E-state index < -0.39 is 11.0 Å². The third-order valence-corrected chi connectivity index (χ3v) is 5.63. The van der Waals surface area contributed by atoms with Gasteiger partial charge in [-0.3, -0.25) is 0 Å². The molecule has 2 unspecified atom stereocenters. The van der Waals surface area contributed by atoms with Crippen LogP contribution in [0.4, 0.5) is 0 Å². The summed E-state index contributed by atoms with van der Waals surface area (Å²) in [5, 5.41) is -1.48. The van der Waals surface area contributed by atoms with E-state index in [4.69, 9.17) is 33.0 Å². The first-order valence-electron chi connectivity index (χ1n) is 8.08. The lowest BCUT2D eigenvalue weighted by Gasteiger charge is -2.53. The molecule has 0 spiro atoms. The van der Waals surface area contributed by atoms with Gasteiger partial charge in [0.25, 0.3) is 0 Å². The molecule has 0 bridgehead atoms. The summed E-state index contributed by atoms with van der Waals surface area (Å²) in [6.45, 7) is 0.801. The van der Waals surface area contributed by atoms with Gasteiger partial charge in [0.1, 0.15) is 5.78 Å². The predicted octanol–water partition coefficient (Wildman–Crippen LogP) is 1.03. The SMILES string of the molecule is [B]C1C[C@@]2(c3ccc(OC)c(OC)c3)CCN(C)C2C([B])([B])C1=O. The minimum Gasteiger partial charge on any atom is -0.493 e. The van der Waals surface area contributed by atoms with Gasteiger partial charge in [0.05, 0.1) is 37.8 Å². The number of hydrogen-bond donors (Lipinski definition) is 0. The zero-order chi connectivity index (χ0) is 17.7. The van der Waals surface area contributed by atoms with Crippen molar-refractivity contribution in [3.8, 4) is 11.5 Å². The number of likely N-dealkylation sites (tertiary alicyclic amines) is 1. The topological polar surface area (TPSA) is 38.8 Å². The van der Waals surface area contributed by atoms with Crippen LogP contribution in [0.25, 0.3) is 0 Å². The molecule has 4 nitrogen and oxygen atoms in total. The quantitative estimate of drug-likeness (QED) is 0.780. The van der Waals surface area contributed by atoms with Crippen LogP contribution in [0.15, 0.2) is 18.2 Å². The molecule has 2 aliphatic rings. The Kier molecular flexibility index (Phi) is 4.27. The number of nitrogens with zero attached hydrogens (tertiary/aromatic N) is 1. The van der Waals surface area contributed by atoms with Gasteiger partial charge >= 0.3 is 0 Å². The number of methoxy groups -OCH3 is 2. The lowest BCUT2D eigenvalue weighted by molar-refractivity contribution is -0.124. The first-order chi connectivity index (χ1) is 11.3. The third-order valence-electron chi connectivity index (χ3n) is 5.63. The van der Waals surface area contributed by atoms with Crippen molar-refractivity contribution in [3.63, 3.8) is 0 Å². The summed E-state index contributed by atoms with van der Waals surface area (Å²) >= 11 is 0. The van der Waals surface area contributed by atoms with Gasteiger partial charge in [-0.2, -0.15) is 0 Å². The van der Waals surface area contributed by atoms with E-state index in [1.54, 1.807) is 14.2 Å². The van der Waals surface area contributed by atoms with E-state index >= 15 is 0 Å². The molecule has 1 saturated heterocycles. The minimum atomic E-state index is -1.48. The van der Waals surface area contributed by atoms with Crippen LogP contribution in [0.2, 0.25) is 11.0 Å². The molecule has 6 radical (unpaired) electrons. The fraction of sp³-hybridized carbons (Fsp3) is 0.588. The zero-order valence-electron chi connectivity index (χ0n) is 14.4. The first-order valence-corrected chi connectivity index (χ1v) is 8.08. The van der Waals surface area contributed by atoms with Crippen LogP contribution in [0, 0.1) is 0 Å². The number of Topliss-reactive ketones (excluding diaryl/α,β-unsaturated/α-hetero) is 1. The van der Waals surface area contributed by atoms with Gasteiger partial charge in [-0.15, -0.1) is 0 Å². The van der Waals surface area contributed by atoms with Crippen molar-refractivity contribution in [2.75, 3.05) is 27.8 Å². The second-order valence-corrected chi connectivity index (χ2v) is 6.97. The maximum absolute atomic E-state index is 12.5. The lowest BCUT2D eigenvalue weighted by Crippen LogP contribution is -2.58. The summed E-state index contributed by atoms with van der Waals surface area (Å²) in [7, 11) is 23.8. The molecule has 0 aromatic heterocycles. The largest absolute Gasteiger partial charge is 0.493 e. The Labute approximate surface area is 147 Å². The third kappa shape index (κ3) is 2.32. The van der Waals surface area contributed by atoms with Crippen LogP contribution < -0.4 is 9.47 Å². The molecule has 1 aliphatic carbocycles. The highest BCUT2D eigenvalue weighted by molar-refractivity contribution is 6.55. The number of fused-ring (bicyclic) bond motifs is 1. The fourth-order valence-electron chi connectivity index (χ4n) is 4.61. The molecular weight excluding hydrogens is 299 g/mol. The van der Waals surface area contributed by atoms with Crippen LogP contribution in [0.5, 0.6) is 11.5 Å². The molecule has 1 aliphatic heterocycles. The van der Waals surface area contributed by atoms with Gasteiger partial charge < -0.3 is 19.2 Å². The van der Waals surface area contributed by atoms with E-state index in [0.29, 0.717) is 17.9 Å². The highest BCUT2D eigenvalue weighted by atomic mass is 16.5. The van der Waals surface area contributed by atoms with Crippen LogP contribution >= 0.6 is 0 Å². The molecule has 1 aromatic carbocycles. The molecule has 3 rings (SSSR count). The van der Waals surface area contributed by atoms with Crippen LogP contribution in [0.3, 0.4) is 0 Å². The standard InChI is InChI=1S/C17H20B3NO3/c1-21-7-6-16(9-11(18)14(22)17(19,20)15(16)21)10-4-5-12(23-2)13(8-10)24-3/h4-5,8,11,15H,6-7,9H2,1-3H3/t11?,15?,16-/m1/s1. The van der Waals surface area contributed by atoms with Gasteiger partial charge in [-0.25, -0.2) is 0 Å². The molecule has 1 aromatic rings. The Morgan fingerprint density at radius 3 is 2.50 bits per heavy atom. The van der Waals surface area contributed by atoms with E-state index in [9.17, 15) is 4.79 Å². The minimum absolute atomic E-state index is 0.280. The van der Waals surface area contributed by atoms with E-state index in [2.05, 4.69) is 4.90 Å². The maximum atomic E-state index is 12.5. The van der Waals surface area contributed by atoms with Gasteiger partial charge in [-0.1, -0.05) is 6.07 Å². The zero-order valence-corrected chi connectivity index (χ0v) is 14.4. The number of carbonyl (C=O) groups excluding carboxylic acids is 1. The molecule has 120 valence electrons. The van der Waals surface area contributed by atoms with E-state index in [0.717, 1.165) is 18.5 Å². The van der Waals surface area contributed by atoms with Crippen molar-refractivity contribution in [1.82, 2.24) is 4.90 Å². The summed E-state index contributed by atoms with van der Waals surface area (Å²) in [4.78, 5) is 14.6. The van der Waals surface area contributed by atoms with Crippen molar-refractivity contribution in [2.45, 2.75) is 35.3 Å². The lowest BCUT2D eigenvalue weighted by atomic mass is 9.37. The van der Waals surface area contributed by atoms with Crippen molar-refractivity contribution < 1.29 is 14.3 Å². The number of likely N-dealkylation sites (N-methyl/N-ethyl adjacent to an activating group) is 1. The Hall–Kier alpha value is -1.36. The maximum Gasteiger partial charge on any atom is 0.161 e. The number of rotatable bonds is 3. The molecule has 1 heterocycles. The average molecular weight is 319 g/mol. The summed E-state index contributed by atoms with van der Waals surface area (Å²) < 4.78 is 10.8. The summed E-state index contributed by atoms with van der Waals surface area (Å²) in [5.41, 5.74) is 0.642. The second kappa shape index (κ2) is 5.87. The molecule has 7 heteroatoms. The van der Waals surface area contributed by atoms with Crippen molar-refractivity contribution in [1.29, 1.82) is 0 Å². The Morgan fingerprint density at radius 1 is 1.21 bits per heavy atom. The Morgan fingerprint density at radius 2 is 1.88 bits per heavy atom. The van der Waals surface area contributed by atoms with E-state index in [1.165, 1.54) is 0 Å². The summed E-state index contributed by atoms with van der Waals surface area (Å²) in [5.74, 6) is 0.347. The molecule has 1 saturated carbocycles. The van der Waals surface area contributed by atoms with E-state index in [-0.39, 0.29) is 17.2 Å². The van der Waals surface area contributed by atoms with Crippen LogP contribution in [0.1, 0.15) is 18.4 Å². The van der Waals surface area contributed by atoms with Gasteiger partial charge in [0.15, 0.2) is 11.5 Å². The molecule has 24 heavy (non-hydrogen) atoms. The smallest absolute Gasteiger partial charge is 0.161 e. The van der Waals surface area contributed by atoms with Crippen molar-refractivity contribution in [3.05, 3.63) is 23.8 Å². The number of carbonyl (C=O) groups is 1. The number of ether oxygens (including phenoxy) is 2. The fourth-order valence-corrected chi connectivity index (χ4v) is 4.61. The number of hydrogen-bond acceptors (Lipinski definition) is 4. The second-order valence-electron chi connectivity index (χ2n) is 6.97. The monoisotopic (exact) mass is 319 g/mol. The summed E-state index contributed by atoms with van der Waals surface area (Å²) in [6.07, 6.45) is 1.35. The predicted molar refractivity (Wildman–Crippen MR) is 95.6 cm³/mol. The average Bonchev–Trinajstić information content (AvgIpc) is 2.90. The number of ketones is 1. The van der Waals surface area contributed by atoms with Crippen LogP contribution in [-0.2, 0) is 10.2 Å².